The van der Waals surface area contributed by atoms with Gasteiger partial charge in [-0.3, -0.25) is 4.79 Å². The summed E-state index contributed by atoms with van der Waals surface area (Å²) in [6.45, 7) is 0.450. The van der Waals surface area contributed by atoms with Gasteiger partial charge in [-0.25, -0.2) is 13.9 Å². The minimum atomic E-state index is -1.06. The molecule has 1 aliphatic heterocycles. The van der Waals surface area contributed by atoms with Crippen molar-refractivity contribution < 1.29 is 19.1 Å². The lowest BCUT2D eigenvalue weighted by molar-refractivity contribution is -0.142. The van der Waals surface area contributed by atoms with Gasteiger partial charge in [0.2, 0.25) is 0 Å². The fourth-order valence-corrected chi connectivity index (χ4v) is 3.40. The van der Waals surface area contributed by atoms with Gasteiger partial charge in [0, 0.05) is 13.0 Å². The van der Waals surface area contributed by atoms with Crippen LogP contribution in [-0.4, -0.2) is 42.9 Å². The van der Waals surface area contributed by atoms with Crippen molar-refractivity contribution >= 4 is 11.9 Å². The predicted octanol–water partition coefficient (Wildman–Crippen LogP) is 2.12. The van der Waals surface area contributed by atoms with Gasteiger partial charge < -0.3 is 10.0 Å². The number of benzene rings is 2. The number of hydrogen-bond donors (Lipinski definition) is 1. The molecule has 2 aromatic carbocycles. The smallest absolute Gasteiger partial charge is 0.326 e. The van der Waals surface area contributed by atoms with Gasteiger partial charge in [0.05, 0.1) is 12.7 Å². The van der Waals surface area contributed by atoms with Crippen molar-refractivity contribution in [1.29, 1.82) is 0 Å². The van der Waals surface area contributed by atoms with E-state index in [0.29, 0.717) is 5.56 Å². The molecule has 0 spiro atoms. The summed E-state index contributed by atoms with van der Waals surface area (Å²) in [5, 5.41) is 17.4. The highest BCUT2D eigenvalue weighted by atomic mass is 19.1. The Hall–Kier alpha value is -3.55. The zero-order chi connectivity index (χ0) is 19.7. The van der Waals surface area contributed by atoms with Crippen LogP contribution in [0.15, 0.2) is 54.7 Å². The van der Waals surface area contributed by atoms with Crippen molar-refractivity contribution in [2.24, 2.45) is 0 Å². The van der Waals surface area contributed by atoms with Crippen LogP contribution in [0.4, 0.5) is 4.39 Å². The molecule has 0 saturated heterocycles. The highest BCUT2D eigenvalue weighted by Gasteiger charge is 2.35. The summed E-state index contributed by atoms with van der Waals surface area (Å²) in [5.74, 6) is -1.91. The standard InChI is InChI=1S/C20H17FN4O3/c21-16-7-3-4-13(8-16)10-24-12-17(22-23-24)19(26)25-11-15-6-2-1-5-14(15)9-18(25)20(27)28/h1-8,12,18H,9-11H2,(H,27,28)/t18-/m1/s1. The second-order valence-corrected chi connectivity index (χ2v) is 6.69. The van der Waals surface area contributed by atoms with Gasteiger partial charge >= 0.3 is 5.97 Å². The van der Waals surface area contributed by atoms with Gasteiger partial charge in [-0.1, -0.05) is 41.6 Å². The molecule has 8 heteroatoms. The molecule has 0 unspecified atom stereocenters. The Bertz CT molecular complexity index is 1050. The maximum atomic E-state index is 13.3. The van der Waals surface area contributed by atoms with E-state index in [9.17, 15) is 19.1 Å². The van der Waals surface area contributed by atoms with Crippen molar-refractivity contribution in [2.45, 2.75) is 25.6 Å². The number of halogens is 1. The van der Waals surface area contributed by atoms with Crippen LogP contribution in [0.1, 0.15) is 27.2 Å². The first-order valence-electron chi connectivity index (χ1n) is 8.76. The third-order valence-corrected chi connectivity index (χ3v) is 4.79. The van der Waals surface area contributed by atoms with Crippen LogP contribution in [0.25, 0.3) is 0 Å². The molecule has 1 aliphatic rings. The Morgan fingerprint density at radius 1 is 1.14 bits per heavy atom. The lowest BCUT2D eigenvalue weighted by Gasteiger charge is -2.33. The molecule has 0 radical (unpaired) electrons. The SMILES string of the molecule is O=C(O)[C@H]1Cc2ccccc2CN1C(=O)c1cn(Cc2cccc(F)c2)nn1. The average molecular weight is 380 g/mol. The first kappa shape index (κ1) is 17.8. The monoisotopic (exact) mass is 380 g/mol. The Balaban J connectivity index is 1.57. The topological polar surface area (TPSA) is 88.3 Å². The third kappa shape index (κ3) is 3.48. The van der Waals surface area contributed by atoms with Crippen LogP contribution in [0.3, 0.4) is 0 Å². The number of hydrogen-bond acceptors (Lipinski definition) is 4. The molecule has 0 aliphatic carbocycles. The van der Waals surface area contributed by atoms with Crippen LogP contribution < -0.4 is 0 Å². The highest BCUT2D eigenvalue weighted by Crippen LogP contribution is 2.24. The molecule has 0 saturated carbocycles. The molecule has 28 heavy (non-hydrogen) atoms. The number of aromatic nitrogens is 3. The number of carbonyl (C=O) groups excluding carboxylic acids is 1. The van der Waals surface area contributed by atoms with Gasteiger partial charge in [-0.2, -0.15) is 0 Å². The molecule has 3 aromatic rings. The second-order valence-electron chi connectivity index (χ2n) is 6.69. The number of carboxylic acid groups (broad SMARTS) is 1. The number of fused-ring (bicyclic) bond motifs is 1. The fourth-order valence-electron chi connectivity index (χ4n) is 3.40. The summed E-state index contributed by atoms with van der Waals surface area (Å²) in [6.07, 6.45) is 1.70. The van der Waals surface area contributed by atoms with Crippen LogP contribution in [-0.2, 0) is 24.3 Å². The van der Waals surface area contributed by atoms with E-state index in [-0.39, 0.29) is 31.0 Å². The van der Waals surface area contributed by atoms with E-state index in [4.69, 9.17) is 0 Å². The minimum Gasteiger partial charge on any atom is -0.480 e. The van der Waals surface area contributed by atoms with E-state index >= 15 is 0 Å². The normalized spacial score (nSPS) is 15.9. The molecule has 142 valence electrons. The average Bonchev–Trinajstić information content (AvgIpc) is 3.14. The van der Waals surface area contributed by atoms with Crippen LogP contribution in [0.5, 0.6) is 0 Å². The molecule has 1 amide bonds. The number of rotatable bonds is 4. The van der Waals surface area contributed by atoms with Crippen LogP contribution >= 0.6 is 0 Å². The molecule has 0 fully saturated rings. The van der Waals surface area contributed by atoms with Crippen molar-refractivity contribution in [2.75, 3.05) is 0 Å². The Labute approximate surface area is 160 Å². The van der Waals surface area contributed by atoms with E-state index < -0.39 is 17.9 Å². The van der Waals surface area contributed by atoms with E-state index in [1.54, 1.807) is 12.1 Å². The van der Waals surface area contributed by atoms with Crippen molar-refractivity contribution in [3.8, 4) is 0 Å². The first-order valence-corrected chi connectivity index (χ1v) is 8.76. The highest BCUT2D eigenvalue weighted by molar-refractivity contribution is 5.95. The van der Waals surface area contributed by atoms with Crippen molar-refractivity contribution in [3.63, 3.8) is 0 Å². The Morgan fingerprint density at radius 3 is 2.68 bits per heavy atom. The maximum Gasteiger partial charge on any atom is 0.326 e. The summed E-state index contributed by atoms with van der Waals surface area (Å²) >= 11 is 0. The molecule has 4 rings (SSSR count). The van der Waals surface area contributed by atoms with Crippen LogP contribution in [0.2, 0.25) is 0 Å². The number of aliphatic carboxylic acids is 1. The summed E-state index contributed by atoms with van der Waals surface area (Å²) in [5.41, 5.74) is 2.58. The Kier molecular flexibility index (Phi) is 4.60. The number of carboxylic acids is 1. The zero-order valence-electron chi connectivity index (χ0n) is 14.8. The van der Waals surface area contributed by atoms with Crippen molar-refractivity contribution in [1.82, 2.24) is 19.9 Å². The lowest BCUT2D eigenvalue weighted by Crippen LogP contribution is -2.48. The van der Waals surface area contributed by atoms with E-state index in [0.717, 1.165) is 11.1 Å². The summed E-state index contributed by atoms with van der Waals surface area (Å²) in [7, 11) is 0. The predicted molar refractivity (Wildman–Crippen MR) is 97.0 cm³/mol. The second kappa shape index (κ2) is 7.22. The molecular formula is C20H17FN4O3. The first-order chi connectivity index (χ1) is 13.5. The summed E-state index contributed by atoms with van der Waals surface area (Å²) < 4.78 is 14.8. The molecular weight excluding hydrogens is 363 g/mol. The molecule has 7 nitrogen and oxygen atoms in total. The Morgan fingerprint density at radius 2 is 1.93 bits per heavy atom. The van der Waals surface area contributed by atoms with E-state index in [1.165, 1.54) is 27.9 Å². The van der Waals surface area contributed by atoms with Crippen molar-refractivity contribution in [3.05, 3.63) is 82.9 Å². The molecule has 2 heterocycles. The molecule has 1 N–H and O–H groups in total. The summed E-state index contributed by atoms with van der Waals surface area (Å²) in [6, 6.07) is 12.6. The molecule has 1 aromatic heterocycles. The summed E-state index contributed by atoms with van der Waals surface area (Å²) in [4.78, 5) is 26.0. The maximum absolute atomic E-state index is 13.3. The van der Waals surface area contributed by atoms with Gasteiger partial charge in [-0.05, 0) is 28.8 Å². The zero-order valence-corrected chi connectivity index (χ0v) is 14.8. The van der Waals surface area contributed by atoms with Gasteiger partial charge in [-0.15, -0.1) is 5.10 Å². The van der Waals surface area contributed by atoms with E-state index in [1.807, 2.05) is 24.3 Å². The number of nitrogens with zero attached hydrogens (tertiary/aromatic N) is 4. The van der Waals surface area contributed by atoms with Crippen LogP contribution in [0, 0.1) is 5.82 Å². The fraction of sp³-hybridized carbons (Fsp3) is 0.200. The quantitative estimate of drug-likeness (QED) is 0.749. The number of amides is 1. The van der Waals surface area contributed by atoms with E-state index in [2.05, 4.69) is 10.3 Å². The van der Waals surface area contributed by atoms with Gasteiger partial charge in [0.25, 0.3) is 5.91 Å². The minimum absolute atomic E-state index is 0.0574. The molecule has 1 atom stereocenters. The number of carbonyl (C=O) groups is 2. The largest absolute Gasteiger partial charge is 0.480 e. The molecule has 0 bridgehead atoms. The third-order valence-electron chi connectivity index (χ3n) is 4.79. The van der Waals surface area contributed by atoms with Gasteiger partial charge in [0.1, 0.15) is 11.9 Å². The lowest BCUT2D eigenvalue weighted by atomic mass is 9.94. The van der Waals surface area contributed by atoms with Gasteiger partial charge in [0.15, 0.2) is 5.69 Å².